The predicted molar refractivity (Wildman–Crippen MR) is 95.7 cm³/mol. The molecule has 1 unspecified atom stereocenters. The van der Waals surface area contributed by atoms with Crippen LogP contribution in [0.1, 0.15) is 30.6 Å². The lowest BCUT2D eigenvalue weighted by atomic mass is 10.0. The van der Waals surface area contributed by atoms with E-state index in [1.165, 1.54) is 0 Å². The van der Waals surface area contributed by atoms with Crippen molar-refractivity contribution in [2.45, 2.75) is 26.3 Å². The van der Waals surface area contributed by atoms with Gasteiger partial charge in [0.2, 0.25) is 0 Å². The van der Waals surface area contributed by atoms with Crippen LogP contribution in [-0.2, 0) is 0 Å². The van der Waals surface area contributed by atoms with E-state index in [1.54, 1.807) is 29.0 Å². The summed E-state index contributed by atoms with van der Waals surface area (Å²) in [7, 11) is 1.80. The molecule has 0 radical (unpaired) electrons. The number of carbonyl (C=O) groups is 1. The third kappa shape index (κ3) is 4.65. The van der Waals surface area contributed by atoms with E-state index in [1.807, 2.05) is 24.3 Å². The molecule has 0 saturated heterocycles. The summed E-state index contributed by atoms with van der Waals surface area (Å²) < 4.78 is 2.71. The lowest BCUT2D eigenvalue weighted by molar-refractivity contribution is 0.0789. The van der Waals surface area contributed by atoms with Crippen molar-refractivity contribution in [3.63, 3.8) is 0 Å². The number of carbonyl (C=O) groups excluding carboxylic acids is 1. The maximum absolute atomic E-state index is 12.5. The molecule has 1 atom stereocenters. The maximum atomic E-state index is 12.5. The Hall–Kier alpha value is -1.66. The number of nitrogens with zero attached hydrogens (tertiary/aromatic N) is 3. The van der Waals surface area contributed by atoms with Gasteiger partial charge in [-0.25, -0.2) is 4.68 Å². The van der Waals surface area contributed by atoms with Crippen molar-refractivity contribution in [3.05, 3.63) is 46.7 Å². The summed E-state index contributed by atoms with van der Waals surface area (Å²) in [6.07, 6.45) is 4.15. The number of hydrogen-bond acceptors (Lipinski definition) is 3. The Balaban J connectivity index is 2.01. The third-order valence-electron chi connectivity index (χ3n) is 3.92. The zero-order chi connectivity index (χ0) is 17.0. The number of benzene rings is 1. The van der Waals surface area contributed by atoms with Gasteiger partial charge in [-0.05, 0) is 36.6 Å². The number of hydrogen-bond donors (Lipinski definition) is 1. The molecule has 0 aliphatic heterocycles. The fraction of sp³-hybridized carbons (Fsp3) is 0.412. The molecule has 2 aromatic rings. The Morgan fingerprint density at radius 3 is 2.61 bits per heavy atom. The fourth-order valence-corrected chi connectivity index (χ4v) is 2.43. The maximum Gasteiger partial charge on any atom is 0.256 e. The fourth-order valence-electron chi connectivity index (χ4n) is 2.17. The summed E-state index contributed by atoms with van der Waals surface area (Å²) in [5.74, 6) is 0.378. The lowest BCUT2D eigenvalue weighted by Gasteiger charge is -2.21. The molecule has 2 N–H and O–H groups in total. The Morgan fingerprint density at radius 1 is 1.35 bits per heavy atom. The van der Waals surface area contributed by atoms with Crippen LogP contribution < -0.4 is 5.73 Å². The van der Waals surface area contributed by atoms with Crippen LogP contribution in [0.15, 0.2) is 41.1 Å². The van der Waals surface area contributed by atoms with Gasteiger partial charge in [-0.3, -0.25) is 4.79 Å². The highest BCUT2D eigenvalue weighted by Gasteiger charge is 2.16. The Labute approximate surface area is 145 Å². The van der Waals surface area contributed by atoms with Gasteiger partial charge < -0.3 is 10.6 Å². The zero-order valence-corrected chi connectivity index (χ0v) is 15.3. The summed E-state index contributed by atoms with van der Waals surface area (Å²) in [5, 5.41) is 4.27. The summed E-state index contributed by atoms with van der Waals surface area (Å²) in [4.78, 5) is 14.1. The first-order valence-electron chi connectivity index (χ1n) is 7.70. The molecule has 6 heteroatoms. The average Bonchev–Trinajstić information content (AvgIpc) is 3.01. The summed E-state index contributed by atoms with van der Waals surface area (Å²) in [6, 6.07) is 7.87. The van der Waals surface area contributed by atoms with Crippen LogP contribution in [0.3, 0.4) is 0 Å². The first kappa shape index (κ1) is 17.7. The van der Waals surface area contributed by atoms with E-state index in [0.717, 1.165) is 16.6 Å². The van der Waals surface area contributed by atoms with Crippen molar-refractivity contribution in [1.29, 1.82) is 0 Å². The van der Waals surface area contributed by atoms with Gasteiger partial charge in [0.25, 0.3) is 5.91 Å². The molecule has 0 fully saturated rings. The molecule has 23 heavy (non-hydrogen) atoms. The van der Waals surface area contributed by atoms with Gasteiger partial charge in [0.05, 0.1) is 17.4 Å². The molecule has 2 rings (SSSR count). The minimum atomic E-state index is -0.0377. The molecule has 124 valence electrons. The van der Waals surface area contributed by atoms with Crippen molar-refractivity contribution >= 4 is 21.8 Å². The molecular weight excluding hydrogens is 356 g/mol. The second-order valence-corrected chi connectivity index (χ2v) is 6.99. The van der Waals surface area contributed by atoms with Crippen LogP contribution in [0.2, 0.25) is 0 Å². The number of amides is 1. The predicted octanol–water partition coefficient (Wildman–Crippen LogP) is 3.08. The number of aromatic nitrogens is 2. The molecule has 1 heterocycles. The summed E-state index contributed by atoms with van der Waals surface area (Å²) >= 11 is 3.40. The second kappa shape index (κ2) is 7.75. The van der Waals surface area contributed by atoms with Crippen LogP contribution in [-0.4, -0.2) is 40.2 Å². The van der Waals surface area contributed by atoms with Gasteiger partial charge in [-0.2, -0.15) is 5.10 Å². The van der Waals surface area contributed by atoms with Crippen molar-refractivity contribution in [2.24, 2.45) is 11.7 Å². The van der Waals surface area contributed by atoms with E-state index in [0.29, 0.717) is 18.0 Å². The Bertz CT molecular complexity index is 651. The van der Waals surface area contributed by atoms with E-state index < -0.39 is 0 Å². The van der Waals surface area contributed by atoms with Gasteiger partial charge in [0.1, 0.15) is 0 Å². The minimum absolute atomic E-state index is 0.0377. The largest absolute Gasteiger partial charge is 0.342 e. The molecule has 0 aliphatic carbocycles. The standard InChI is InChI=1S/C17H23BrN4O/c1-12(2)16(19)8-9-21(3)17(23)13-10-20-22(11-13)15-6-4-14(18)5-7-15/h4-7,10-12,16H,8-9,19H2,1-3H3. The van der Waals surface area contributed by atoms with Crippen LogP contribution in [0, 0.1) is 5.92 Å². The van der Waals surface area contributed by atoms with Crippen LogP contribution in [0.25, 0.3) is 5.69 Å². The van der Waals surface area contributed by atoms with E-state index in [2.05, 4.69) is 34.9 Å². The first-order chi connectivity index (χ1) is 10.9. The van der Waals surface area contributed by atoms with Gasteiger partial charge in [0, 0.05) is 30.3 Å². The van der Waals surface area contributed by atoms with Crippen molar-refractivity contribution in [1.82, 2.24) is 14.7 Å². The average molecular weight is 379 g/mol. The molecule has 0 aliphatic rings. The molecule has 5 nitrogen and oxygen atoms in total. The molecule has 1 aromatic carbocycles. The van der Waals surface area contributed by atoms with Crippen LogP contribution >= 0.6 is 15.9 Å². The molecule has 0 saturated carbocycles. The number of nitrogens with two attached hydrogens (primary N) is 1. The van der Waals surface area contributed by atoms with Crippen molar-refractivity contribution < 1.29 is 4.79 Å². The molecular formula is C17H23BrN4O. The minimum Gasteiger partial charge on any atom is -0.342 e. The molecule has 1 aromatic heterocycles. The Morgan fingerprint density at radius 2 is 2.00 bits per heavy atom. The summed E-state index contributed by atoms with van der Waals surface area (Å²) in [6.45, 7) is 4.82. The number of halogens is 1. The molecule has 1 amide bonds. The smallest absolute Gasteiger partial charge is 0.256 e. The monoisotopic (exact) mass is 378 g/mol. The second-order valence-electron chi connectivity index (χ2n) is 6.07. The van der Waals surface area contributed by atoms with Gasteiger partial charge in [-0.1, -0.05) is 29.8 Å². The van der Waals surface area contributed by atoms with E-state index in [4.69, 9.17) is 5.73 Å². The molecule has 0 spiro atoms. The van der Waals surface area contributed by atoms with Crippen LogP contribution in [0.5, 0.6) is 0 Å². The zero-order valence-electron chi connectivity index (χ0n) is 13.7. The van der Waals surface area contributed by atoms with Gasteiger partial charge in [0.15, 0.2) is 0 Å². The first-order valence-corrected chi connectivity index (χ1v) is 8.49. The number of rotatable bonds is 6. The quantitative estimate of drug-likeness (QED) is 0.839. The van der Waals surface area contributed by atoms with Gasteiger partial charge >= 0.3 is 0 Å². The lowest BCUT2D eigenvalue weighted by Crippen LogP contribution is -2.34. The highest BCUT2D eigenvalue weighted by atomic mass is 79.9. The highest BCUT2D eigenvalue weighted by Crippen LogP contribution is 2.15. The SMILES string of the molecule is CC(C)C(N)CCN(C)C(=O)c1cnn(-c2ccc(Br)cc2)c1. The van der Waals surface area contributed by atoms with E-state index in [9.17, 15) is 4.79 Å². The summed E-state index contributed by atoms with van der Waals surface area (Å²) in [5.41, 5.74) is 7.53. The van der Waals surface area contributed by atoms with E-state index in [-0.39, 0.29) is 11.9 Å². The van der Waals surface area contributed by atoms with E-state index >= 15 is 0 Å². The Kier molecular flexibility index (Phi) is 5.96. The van der Waals surface area contributed by atoms with Crippen molar-refractivity contribution in [2.75, 3.05) is 13.6 Å². The normalized spacial score (nSPS) is 12.4. The highest BCUT2D eigenvalue weighted by molar-refractivity contribution is 9.10. The third-order valence-corrected chi connectivity index (χ3v) is 4.45. The topological polar surface area (TPSA) is 64.2 Å². The van der Waals surface area contributed by atoms with Crippen LogP contribution in [0.4, 0.5) is 0 Å². The van der Waals surface area contributed by atoms with Crippen molar-refractivity contribution in [3.8, 4) is 5.69 Å². The molecule has 0 bridgehead atoms. The van der Waals surface area contributed by atoms with Gasteiger partial charge in [-0.15, -0.1) is 0 Å².